The number of hydrogen-bond acceptors (Lipinski definition) is 3. The molecule has 2 amide bonds. The molecule has 2 heterocycles. The predicted molar refractivity (Wildman–Crippen MR) is 113 cm³/mol. The SMILES string of the molecule is C=CCN1CCC[C@@H](CN2CCN(C(=O)Nc3ccc(Cl)c(Cl)c3)CC2)C1. The maximum Gasteiger partial charge on any atom is 0.321 e. The topological polar surface area (TPSA) is 38.8 Å². The van der Waals surface area contributed by atoms with Crippen LogP contribution in [0.5, 0.6) is 0 Å². The van der Waals surface area contributed by atoms with Crippen LogP contribution in [-0.4, -0.2) is 73.1 Å². The Labute approximate surface area is 171 Å². The highest BCUT2D eigenvalue weighted by atomic mass is 35.5. The molecule has 0 unspecified atom stereocenters. The van der Waals surface area contributed by atoms with Crippen molar-refractivity contribution < 1.29 is 4.79 Å². The van der Waals surface area contributed by atoms with Crippen molar-refractivity contribution in [3.05, 3.63) is 40.9 Å². The lowest BCUT2D eigenvalue weighted by atomic mass is 9.97. The first-order chi connectivity index (χ1) is 13.0. The summed E-state index contributed by atoms with van der Waals surface area (Å²) < 4.78 is 0. The first-order valence-corrected chi connectivity index (χ1v) is 10.4. The van der Waals surface area contributed by atoms with Crippen molar-refractivity contribution in [3.63, 3.8) is 0 Å². The molecular formula is C20H28Cl2N4O. The number of carbonyl (C=O) groups is 1. The Balaban J connectivity index is 1.43. The maximum absolute atomic E-state index is 12.5. The van der Waals surface area contributed by atoms with E-state index in [2.05, 4.69) is 21.7 Å². The number of urea groups is 1. The molecule has 0 bridgehead atoms. The summed E-state index contributed by atoms with van der Waals surface area (Å²) in [5.41, 5.74) is 0.668. The molecule has 0 saturated carbocycles. The molecule has 0 spiro atoms. The highest BCUT2D eigenvalue weighted by Gasteiger charge is 2.25. The van der Waals surface area contributed by atoms with Crippen molar-refractivity contribution in [2.24, 2.45) is 5.92 Å². The van der Waals surface area contributed by atoms with Gasteiger partial charge in [-0.05, 0) is 43.5 Å². The number of carbonyl (C=O) groups excluding carboxylic acids is 1. The molecular weight excluding hydrogens is 383 g/mol. The van der Waals surface area contributed by atoms with E-state index >= 15 is 0 Å². The van der Waals surface area contributed by atoms with E-state index in [4.69, 9.17) is 23.2 Å². The standard InChI is InChI=1S/C20H28Cl2N4O/c1-2-7-24-8-3-4-16(14-24)15-25-9-11-26(12-10-25)20(27)23-17-5-6-18(21)19(22)13-17/h2,5-6,13,16H,1,3-4,7-12,14-15H2,(H,23,27)/t16-/m1/s1. The summed E-state index contributed by atoms with van der Waals surface area (Å²) >= 11 is 11.9. The minimum Gasteiger partial charge on any atom is -0.322 e. The number of piperidine rings is 1. The quantitative estimate of drug-likeness (QED) is 0.744. The lowest BCUT2D eigenvalue weighted by molar-refractivity contribution is 0.105. The predicted octanol–water partition coefficient (Wildman–Crippen LogP) is 4.04. The van der Waals surface area contributed by atoms with E-state index in [9.17, 15) is 4.79 Å². The van der Waals surface area contributed by atoms with Gasteiger partial charge in [0.1, 0.15) is 0 Å². The highest BCUT2D eigenvalue weighted by molar-refractivity contribution is 6.42. The van der Waals surface area contributed by atoms with Gasteiger partial charge in [-0.25, -0.2) is 4.79 Å². The van der Waals surface area contributed by atoms with Crippen molar-refractivity contribution in [2.75, 3.05) is 57.7 Å². The van der Waals surface area contributed by atoms with Gasteiger partial charge in [-0.2, -0.15) is 0 Å². The van der Waals surface area contributed by atoms with Crippen LogP contribution in [0.25, 0.3) is 0 Å². The van der Waals surface area contributed by atoms with Crippen LogP contribution in [0, 0.1) is 5.92 Å². The van der Waals surface area contributed by atoms with Gasteiger partial charge in [0.05, 0.1) is 10.0 Å². The van der Waals surface area contributed by atoms with Gasteiger partial charge in [0.15, 0.2) is 0 Å². The molecule has 2 saturated heterocycles. The van der Waals surface area contributed by atoms with E-state index in [1.165, 1.54) is 19.4 Å². The third kappa shape index (κ3) is 5.85. The number of anilines is 1. The molecule has 1 atom stereocenters. The maximum atomic E-state index is 12.5. The zero-order valence-electron chi connectivity index (χ0n) is 15.7. The third-order valence-electron chi connectivity index (χ3n) is 5.34. The molecule has 2 aliphatic heterocycles. The fourth-order valence-corrected chi connectivity index (χ4v) is 4.22. The van der Waals surface area contributed by atoms with Crippen LogP contribution in [0.4, 0.5) is 10.5 Å². The minimum absolute atomic E-state index is 0.0807. The van der Waals surface area contributed by atoms with Crippen molar-refractivity contribution in [2.45, 2.75) is 12.8 Å². The zero-order chi connectivity index (χ0) is 19.2. The fraction of sp³-hybridized carbons (Fsp3) is 0.550. The Morgan fingerprint density at radius 3 is 2.63 bits per heavy atom. The third-order valence-corrected chi connectivity index (χ3v) is 6.08. The molecule has 2 aliphatic rings. The Morgan fingerprint density at radius 1 is 1.15 bits per heavy atom. The van der Waals surface area contributed by atoms with Gasteiger partial charge >= 0.3 is 6.03 Å². The number of amides is 2. The number of likely N-dealkylation sites (tertiary alicyclic amines) is 1. The summed E-state index contributed by atoms with van der Waals surface area (Å²) in [6, 6.07) is 5.05. The Hall–Kier alpha value is -1.27. The summed E-state index contributed by atoms with van der Waals surface area (Å²) in [5, 5.41) is 3.83. The summed E-state index contributed by atoms with van der Waals surface area (Å²) in [6.07, 6.45) is 4.56. The number of rotatable bonds is 5. The summed E-state index contributed by atoms with van der Waals surface area (Å²) in [5.74, 6) is 0.718. The molecule has 1 aromatic rings. The molecule has 5 nitrogen and oxygen atoms in total. The van der Waals surface area contributed by atoms with Gasteiger partial charge in [-0.3, -0.25) is 9.80 Å². The zero-order valence-corrected chi connectivity index (χ0v) is 17.2. The van der Waals surface area contributed by atoms with Crippen molar-refractivity contribution in [1.29, 1.82) is 0 Å². The number of hydrogen-bond donors (Lipinski definition) is 1. The van der Waals surface area contributed by atoms with Crippen LogP contribution in [0.15, 0.2) is 30.9 Å². The van der Waals surface area contributed by atoms with Crippen LogP contribution in [0.2, 0.25) is 10.0 Å². The average molecular weight is 411 g/mol. The Kier molecular flexibility index (Phi) is 7.41. The van der Waals surface area contributed by atoms with E-state index in [1.54, 1.807) is 18.2 Å². The number of halogens is 2. The molecule has 27 heavy (non-hydrogen) atoms. The number of piperazine rings is 1. The molecule has 3 rings (SSSR count). The molecule has 7 heteroatoms. The lowest BCUT2D eigenvalue weighted by Crippen LogP contribution is -2.52. The number of nitrogens with one attached hydrogen (secondary N) is 1. The summed E-state index contributed by atoms with van der Waals surface area (Å²) in [4.78, 5) is 19.3. The van der Waals surface area contributed by atoms with Gasteiger partial charge in [0.25, 0.3) is 0 Å². The van der Waals surface area contributed by atoms with Gasteiger partial charge in [-0.1, -0.05) is 29.3 Å². The largest absolute Gasteiger partial charge is 0.322 e. The smallest absolute Gasteiger partial charge is 0.321 e. The van der Waals surface area contributed by atoms with Crippen LogP contribution < -0.4 is 5.32 Å². The molecule has 1 N–H and O–H groups in total. The van der Waals surface area contributed by atoms with Gasteiger partial charge in [0, 0.05) is 51.5 Å². The van der Waals surface area contributed by atoms with E-state index in [0.717, 1.165) is 51.7 Å². The molecule has 2 fully saturated rings. The van der Waals surface area contributed by atoms with Gasteiger partial charge in [-0.15, -0.1) is 6.58 Å². The van der Waals surface area contributed by atoms with Crippen LogP contribution >= 0.6 is 23.2 Å². The van der Waals surface area contributed by atoms with Crippen LogP contribution in [0.3, 0.4) is 0 Å². The first kappa shape index (κ1) is 20.5. The Bertz CT molecular complexity index is 661. The first-order valence-electron chi connectivity index (χ1n) is 9.61. The second-order valence-corrected chi connectivity index (χ2v) is 8.22. The van der Waals surface area contributed by atoms with Crippen LogP contribution in [-0.2, 0) is 0 Å². The molecule has 148 valence electrons. The second-order valence-electron chi connectivity index (χ2n) is 7.40. The van der Waals surface area contributed by atoms with E-state index in [1.807, 2.05) is 11.0 Å². The lowest BCUT2D eigenvalue weighted by Gasteiger charge is -2.39. The van der Waals surface area contributed by atoms with E-state index in [-0.39, 0.29) is 6.03 Å². The average Bonchev–Trinajstić information content (AvgIpc) is 2.66. The minimum atomic E-state index is -0.0807. The summed E-state index contributed by atoms with van der Waals surface area (Å²) in [6.45, 7) is 11.6. The number of benzene rings is 1. The fourth-order valence-electron chi connectivity index (χ4n) is 3.92. The summed E-state index contributed by atoms with van der Waals surface area (Å²) in [7, 11) is 0. The van der Waals surface area contributed by atoms with Gasteiger partial charge < -0.3 is 10.2 Å². The van der Waals surface area contributed by atoms with Crippen molar-refractivity contribution >= 4 is 34.9 Å². The van der Waals surface area contributed by atoms with Crippen molar-refractivity contribution in [1.82, 2.24) is 14.7 Å². The number of nitrogens with zero attached hydrogens (tertiary/aromatic N) is 3. The van der Waals surface area contributed by atoms with E-state index in [0.29, 0.717) is 15.7 Å². The highest BCUT2D eigenvalue weighted by Crippen LogP contribution is 2.25. The molecule has 1 aromatic carbocycles. The van der Waals surface area contributed by atoms with Gasteiger partial charge in [0.2, 0.25) is 0 Å². The van der Waals surface area contributed by atoms with Crippen molar-refractivity contribution in [3.8, 4) is 0 Å². The molecule has 0 radical (unpaired) electrons. The molecule has 0 aliphatic carbocycles. The second kappa shape index (κ2) is 9.78. The monoisotopic (exact) mass is 410 g/mol. The van der Waals surface area contributed by atoms with E-state index < -0.39 is 0 Å². The Morgan fingerprint density at radius 2 is 1.93 bits per heavy atom. The normalized spacial score (nSPS) is 21.9. The molecule has 0 aromatic heterocycles. The van der Waals surface area contributed by atoms with Crippen LogP contribution in [0.1, 0.15) is 12.8 Å².